The van der Waals surface area contributed by atoms with E-state index in [-0.39, 0.29) is 24.8 Å². The number of nitrogens with zero attached hydrogens (tertiary/aromatic N) is 1. The fourth-order valence-electron chi connectivity index (χ4n) is 3.02. The first-order valence-electron chi connectivity index (χ1n) is 9.95. The summed E-state index contributed by atoms with van der Waals surface area (Å²) in [6.07, 6.45) is 2.15. The molecule has 0 aliphatic rings. The van der Waals surface area contributed by atoms with Gasteiger partial charge in [-0.15, -0.1) is 0 Å². The lowest BCUT2D eigenvalue weighted by atomic mass is 10.1. The summed E-state index contributed by atoms with van der Waals surface area (Å²) in [6.45, 7) is 4.34. The fraction of sp³-hybridized carbons (Fsp3) is 0.391. The van der Waals surface area contributed by atoms with E-state index < -0.39 is 0 Å². The summed E-state index contributed by atoms with van der Waals surface area (Å²) in [5.74, 6) is 0.137. The molecule has 2 aromatic carbocycles. The molecule has 0 aliphatic carbocycles. The van der Waals surface area contributed by atoms with Crippen molar-refractivity contribution >= 4 is 11.7 Å². The zero-order valence-electron chi connectivity index (χ0n) is 17.2. The van der Waals surface area contributed by atoms with Crippen LogP contribution < -0.4 is 10.1 Å². The molecule has 0 radical (unpaired) electrons. The molecular weight excluding hydrogens is 368 g/mol. The van der Waals surface area contributed by atoms with E-state index in [9.17, 15) is 14.7 Å². The average molecular weight is 399 g/mol. The summed E-state index contributed by atoms with van der Waals surface area (Å²) in [4.78, 5) is 27.0. The van der Waals surface area contributed by atoms with E-state index in [1.54, 1.807) is 37.4 Å². The molecule has 2 rings (SSSR count). The Morgan fingerprint density at radius 2 is 1.83 bits per heavy atom. The number of carbonyl (C=O) groups is 2. The Balaban J connectivity index is 1.96. The Morgan fingerprint density at radius 3 is 2.55 bits per heavy atom. The van der Waals surface area contributed by atoms with Crippen LogP contribution in [0.5, 0.6) is 5.75 Å². The van der Waals surface area contributed by atoms with Crippen molar-refractivity contribution in [3.8, 4) is 5.75 Å². The van der Waals surface area contributed by atoms with Gasteiger partial charge in [0.05, 0.1) is 20.3 Å². The number of aliphatic hydroxyl groups is 1. The van der Waals surface area contributed by atoms with Crippen molar-refractivity contribution in [2.24, 2.45) is 0 Å². The van der Waals surface area contributed by atoms with Gasteiger partial charge in [0, 0.05) is 24.2 Å². The van der Waals surface area contributed by atoms with E-state index in [1.807, 2.05) is 18.2 Å². The van der Waals surface area contributed by atoms with Crippen molar-refractivity contribution in [2.75, 3.05) is 33.4 Å². The monoisotopic (exact) mass is 398 g/mol. The summed E-state index contributed by atoms with van der Waals surface area (Å²) < 4.78 is 5.13. The van der Waals surface area contributed by atoms with Crippen LogP contribution in [0.4, 0.5) is 0 Å². The Kier molecular flexibility index (Phi) is 9.34. The molecule has 2 N–H and O–H groups in total. The Morgan fingerprint density at radius 1 is 1.07 bits per heavy atom. The first kappa shape index (κ1) is 22.6. The topological polar surface area (TPSA) is 78.9 Å². The van der Waals surface area contributed by atoms with Crippen molar-refractivity contribution in [1.82, 2.24) is 10.2 Å². The third-order valence-electron chi connectivity index (χ3n) is 4.64. The van der Waals surface area contributed by atoms with Gasteiger partial charge in [0.2, 0.25) is 0 Å². The molecule has 29 heavy (non-hydrogen) atoms. The molecule has 0 spiro atoms. The van der Waals surface area contributed by atoms with Gasteiger partial charge in [-0.1, -0.05) is 37.6 Å². The highest BCUT2D eigenvalue weighted by molar-refractivity contribution is 6.02. The number of hydrogen-bond acceptors (Lipinski definition) is 5. The number of rotatable bonds is 12. The van der Waals surface area contributed by atoms with Crippen LogP contribution in [0.2, 0.25) is 0 Å². The van der Waals surface area contributed by atoms with Gasteiger partial charge in [0.1, 0.15) is 5.75 Å². The highest BCUT2D eigenvalue weighted by Crippen LogP contribution is 2.13. The van der Waals surface area contributed by atoms with Crippen LogP contribution in [-0.4, -0.2) is 55.0 Å². The highest BCUT2D eigenvalue weighted by Gasteiger charge is 2.12. The van der Waals surface area contributed by atoms with Crippen LogP contribution in [0, 0.1) is 0 Å². The number of Topliss-reactive ketones (excluding diaryl/α,β-unsaturated/α-hetero) is 1. The lowest BCUT2D eigenvalue weighted by Gasteiger charge is -2.21. The minimum absolute atomic E-state index is 0.0800. The molecule has 156 valence electrons. The Bertz CT molecular complexity index is 807. The number of amides is 1. The quantitative estimate of drug-likeness (QED) is 0.538. The van der Waals surface area contributed by atoms with E-state index in [0.717, 1.165) is 24.9 Å². The van der Waals surface area contributed by atoms with E-state index in [1.165, 1.54) is 0 Å². The number of benzene rings is 2. The van der Waals surface area contributed by atoms with Crippen molar-refractivity contribution in [1.29, 1.82) is 0 Å². The zero-order chi connectivity index (χ0) is 21.1. The predicted octanol–water partition coefficient (Wildman–Crippen LogP) is 2.90. The molecule has 0 fully saturated rings. The molecule has 0 aromatic heterocycles. The second-order valence-electron chi connectivity index (χ2n) is 6.89. The number of nitrogens with one attached hydrogen (secondary N) is 1. The maximum absolute atomic E-state index is 12.5. The molecule has 6 heteroatoms. The molecule has 6 nitrogen and oxygen atoms in total. The SMILES string of the molecule is CCCCN(CCO)Cc1cccc(C(=O)NCC(=O)c2cccc(OC)c2)c1. The maximum atomic E-state index is 12.5. The predicted molar refractivity (Wildman–Crippen MR) is 113 cm³/mol. The molecule has 0 saturated carbocycles. The second-order valence-corrected chi connectivity index (χ2v) is 6.89. The van der Waals surface area contributed by atoms with Gasteiger partial charge in [-0.25, -0.2) is 0 Å². The minimum Gasteiger partial charge on any atom is -0.497 e. The van der Waals surface area contributed by atoms with Crippen molar-refractivity contribution < 1.29 is 19.4 Å². The van der Waals surface area contributed by atoms with Crippen LogP contribution in [-0.2, 0) is 6.54 Å². The number of ketones is 1. The van der Waals surface area contributed by atoms with E-state index >= 15 is 0 Å². The summed E-state index contributed by atoms with van der Waals surface area (Å²) in [7, 11) is 1.54. The number of hydrogen-bond donors (Lipinski definition) is 2. The maximum Gasteiger partial charge on any atom is 0.251 e. The molecule has 0 saturated heterocycles. The second kappa shape index (κ2) is 12.0. The summed E-state index contributed by atoms with van der Waals surface area (Å²) in [5, 5.41) is 12.0. The molecule has 0 bridgehead atoms. The lowest BCUT2D eigenvalue weighted by Crippen LogP contribution is -2.30. The number of aliphatic hydroxyl groups excluding tert-OH is 1. The Labute approximate surface area is 172 Å². The lowest BCUT2D eigenvalue weighted by molar-refractivity contribution is 0.0904. The third kappa shape index (κ3) is 7.33. The highest BCUT2D eigenvalue weighted by atomic mass is 16.5. The average Bonchev–Trinajstić information content (AvgIpc) is 2.76. The van der Waals surface area contributed by atoms with Crippen LogP contribution in [0.1, 0.15) is 46.0 Å². The Hall–Kier alpha value is -2.70. The molecular formula is C23H30N2O4. The number of ether oxygens (including phenoxy) is 1. The molecule has 0 unspecified atom stereocenters. The van der Waals surface area contributed by atoms with E-state index in [2.05, 4.69) is 17.1 Å². The first-order valence-corrected chi connectivity index (χ1v) is 9.95. The minimum atomic E-state index is -0.287. The summed E-state index contributed by atoms with van der Waals surface area (Å²) >= 11 is 0. The number of unbranched alkanes of at least 4 members (excludes halogenated alkanes) is 1. The molecule has 0 atom stereocenters. The smallest absolute Gasteiger partial charge is 0.251 e. The standard InChI is InChI=1S/C23H30N2O4/c1-3-4-11-25(12-13-26)17-18-7-5-9-20(14-18)23(28)24-16-22(27)19-8-6-10-21(15-19)29-2/h5-10,14-15,26H,3-4,11-13,16-17H2,1-2H3,(H,24,28). The van der Waals surface area contributed by atoms with Crippen molar-refractivity contribution in [3.05, 3.63) is 65.2 Å². The van der Waals surface area contributed by atoms with E-state index in [0.29, 0.717) is 30.0 Å². The summed E-state index contributed by atoms with van der Waals surface area (Å²) in [5.41, 5.74) is 2.01. The van der Waals surface area contributed by atoms with Gasteiger partial charge in [-0.2, -0.15) is 0 Å². The largest absolute Gasteiger partial charge is 0.497 e. The summed E-state index contributed by atoms with van der Waals surface area (Å²) in [6, 6.07) is 14.2. The van der Waals surface area contributed by atoms with Gasteiger partial charge in [-0.3, -0.25) is 14.5 Å². The van der Waals surface area contributed by atoms with Gasteiger partial charge in [0.15, 0.2) is 5.78 Å². The van der Waals surface area contributed by atoms with Crippen LogP contribution >= 0.6 is 0 Å². The van der Waals surface area contributed by atoms with Crippen LogP contribution in [0.25, 0.3) is 0 Å². The van der Waals surface area contributed by atoms with Crippen LogP contribution in [0.15, 0.2) is 48.5 Å². The van der Waals surface area contributed by atoms with Gasteiger partial charge < -0.3 is 15.2 Å². The molecule has 0 aliphatic heterocycles. The van der Waals surface area contributed by atoms with Gasteiger partial charge in [-0.05, 0) is 42.8 Å². The number of carbonyl (C=O) groups excluding carboxylic acids is 2. The molecule has 0 heterocycles. The van der Waals surface area contributed by atoms with Crippen LogP contribution in [0.3, 0.4) is 0 Å². The van der Waals surface area contributed by atoms with E-state index in [4.69, 9.17) is 4.74 Å². The first-order chi connectivity index (χ1) is 14.1. The fourth-order valence-corrected chi connectivity index (χ4v) is 3.02. The van der Waals surface area contributed by atoms with Gasteiger partial charge in [0.25, 0.3) is 5.91 Å². The molecule has 2 aromatic rings. The number of methoxy groups -OCH3 is 1. The zero-order valence-corrected chi connectivity index (χ0v) is 17.2. The third-order valence-corrected chi connectivity index (χ3v) is 4.64. The van der Waals surface area contributed by atoms with Crippen molar-refractivity contribution in [3.63, 3.8) is 0 Å². The van der Waals surface area contributed by atoms with Gasteiger partial charge >= 0.3 is 0 Å². The molecule has 1 amide bonds. The van der Waals surface area contributed by atoms with Crippen molar-refractivity contribution in [2.45, 2.75) is 26.3 Å². The normalized spacial score (nSPS) is 10.8.